The van der Waals surface area contributed by atoms with Crippen LogP contribution in [0.3, 0.4) is 0 Å². The van der Waals surface area contributed by atoms with Gasteiger partial charge in [-0.05, 0) is 51.5 Å². The van der Waals surface area contributed by atoms with Crippen molar-refractivity contribution in [2.24, 2.45) is 5.10 Å². The van der Waals surface area contributed by atoms with Crippen molar-refractivity contribution in [1.29, 1.82) is 0 Å². The number of rotatable bonds is 14. The Kier molecular flexibility index (Phi) is 11.1. The quantitative estimate of drug-likeness (QED) is 0.0849. The summed E-state index contributed by atoms with van der Waals surface area (Å²) >= 11 is 0. The van der Waals surface area contributed by atoms with E-state index >= 15 is 0 Å². The standard InChI is InChI=1S/C28H36N6O8/c1-6-33(7-2)21-11-10-20(34(38)39)13-19(21)15-29-32-24(35)16-42-22-12-9-18(14-23(22)41-8-3)26-25(27(36)40-5)17(4)30-28(37)31-26/h9-15,24,26,32,35H,6-8,16H2,1-5H3,(H2,30,31,37)/b29-15-/t24-,26+/m1/s1. The number of nitro groups is 1. The zero-order chi connectivity index (χ0) is 30.8. The fourth-order valence-corrected chi connectivity index (χ4v) is 4.43. The maximum Gasteiger partial charge on any atom is 0.337 e. The second kappa shape index (κ2) is 14.7. The summed E-state index contributed by atoms with van der Waals surface area (Å²) in [5, 5.41) is 31.1. The molecule has 4 N–H and O–H groups in total. The van der Waals surface area contributed by atoms with Crippen molar-refractivity contribution in [3.8, 4) is 11.5 Å². The van der Waals surface area contributed by atoms with Crippen LogP contribution < -0.4 is 30.4 Å². The molecule has 1 aliphatic heterocycles. The van der Waals surface area contributed by atoms with Crippen LogP contribution in [0.2, 0.25) is 0 Å². The van der Waals surface area contributed by atoms with Gasteiger partial charge in [-0.15, -0.1) is 0 Å². The molecule has 42 heavy (non-hydrogen) atoms. The van der Waals surface area contributed by atoms with Gasteiger partial charge in [0.05, 0.1) is 36.5 Å². The molecule has 1 heterocycles. The van der Waals surface area contributed by atoms with Crippen LogP contribution in [-0.2, 0) is 9.53 Å². The summed E-state index contributed by atoms with van der Waals surface area (Å²) in [6, 6.07) is 8.20. The van der Waals surface area contributed by atoms with Crippen molar-refractivity contribution in [3.63, 3.8) is 0 Å². The number of aliphatic hydroxyl groups is 1. The van der Waals surface area contributed by atoms with Gasteiger partial charge in [-0.2, -0.15) is 5.10 Å². The van der Waals surface area contributed by atoms with Gasteiger partial charge in [0.1, 0.15) is 6.61 Å². The highest BCUT2D eigenvalue weighted by Crippen LogP contribution is 2.35. The highest BCUT2D eigenvalue weighted by molar-refractivity contribution is 5.95. The molecule has 0 aromatic heterocycles. The number of carbonyl (C=O) groups is 2. The van der Waals surface area contributed by atoms with Crippen molar-refractivity contribution >= 4 is 29.6 Å². The minimum atomic E-state index is -1.23. The Balaban J connectivity index is 1.74. The number of aliphatic hydroxyl groups excluding tert-OH is 1. The molecular formula is C28H36N6O8. The second-order valence-corrected chi connectivity index (χ2v) is 9.09. The monoisotopic (exact) mass is 584 g/mol. The van der Waals surface area contributed by atoms with Crippen molar-refractivity contribution in [3.05, 3.63) is 68.9 Å². The molecule has 0 fully saturated rings. The topological polar surface area (TPSA) is 177 Å². The molecule has 226 valence electrons. The maximum absolute atomic E-state index is 12.4. The smallest absolute Gasteiger partial charge is 0.337 e. The van der Waals surface area contributed by atoms with E-state index in [1.807, 2.05) is 18.7 Å². The van der Waals surface area contributed by atoms with Gasteiger partial charge < -0.3 is 34.9 Å². The number of urea groups is 1. The van der Waals surface area contributed by atoms with E-state index in [2.05, 4.69) is 21.2 Å². The number of esters is 1. The molecule has 0 bridgehead atoms. The van der Waals surface area contributed by atoms with Crippen LogP contribution in [0.15, 0.2) is 52.8 Å². The molecule has 0 aliphatic carbocycles. The molecule has 2 atom stereocenters. The number of carbonyl (C=O) groups excluding carboxylic acids is 2. The molecule has 14 nitrogen and oxygen atoms in total. The fourth-order valence-electron chi connectivity index (χ4n) is 4.43. The van der Waals surface area contributed by atoms with Crippen LogP contribution in [0, 0.1) is 10.1 Å². The number of amides is 2. The zero-order valence-electron chi connectivity index (χ0n) is 24.2. The molecular weight excluding hydrogens is 548 g/mol. The lowest BCUT2D eigenvalue weighted by atomic mass is 9.95. The van der Waals surface area contributed by atoms with E-state index in [0.29, 0.717) is 48.0 Å². The zero-order valence-corrected chi connectivity index (χ0v) is 24.2. The maximum atomic E-state index is 12.4. The van der Waals surface area contributed by atoms with Gasteiger partial charge in [0.25, 0.3) is 5.69 Å². The third-order valence-electron chi connectivity index (χ3n) is 6.43. The molecule has 2 aromatic carbocycles. The third kappa shape index (κ3) is 7.66. The molecule has 3 rings (SSSR count). The number of hydrogen-bond acceptors (Lipinski definition) is 11. The normalized spacial score (nSPS) is 15.5. The fraction of sp³-hybridized carbons (Fsp3) is 0.393. The van der Waals surface area contributed by atoms with Crippen LogP contribution in [-0.4, -0.2) is 67.9 Å². The Morgan fingerprint density at radius 3 is 2.57 bits per heavy atom. The lowest BCUT2D eigenvalue weighted by molar-refractivity contribution is -0.384. The Hall–Kier alpha value is -4.85. The number of nitrogens with zero attached hydrogens (tertiary/aromatic N) is 3. The molecule has 0 spiro atoms. The van der Waals surface area contributed by atoms with Gasteiger partial charge in [0, 0.05) is 42.2 Å². The number of nitrogens with one attached hydrogen (secondary N) is 3. The van der Waals surface area contributed by atoms with Crippen molar-refractivity contribution < 1.29 is 33.8 Å². The van der Waals surface area contributed by atoms with Crippen LogP contribution in [0.1, 0.15) is 44.9 Å². The average Bonchev–Trinajstić information content (AvgIpc) is 2.97. The Bertz CT molecular complexity index is 1360. The predicted molar refractivity (Wildman–Crippen MR) is 156 cm³/mol. The number of allylic oxidation sites excluding steroid dienone is 1. The van der Waals surface area contributed by atoms with E-state index < -0.39 is 29.2 Å². The number of methoxy groups -OCH3 is 1. The molecule has 2 amide bonds. The number of nitro benzene ring substituents is 1. The number of ether oxygens (including phenoxy) is 3. The molecule has 0 saturated heterocycles. The first-order valence-corrected chi connectivity index (χ1v) is 13.4. The van der Waals surface area contributed by atoms with Gasteiger partial charge in [-0.25, -0.2) is 9.59 Å². The number of hydrazone groups is 1. The summed E-state index contributed by atoms with van der Waals surface area (Å²) in [6.45, 7) is 8.84. The third-order valence-corrected chi connectivity index (χ3v) is 6.43. The van der Waals surface area contributed by atoms with Crippen LogP contribution in [0.4, 0.5) is 16.2 Å². The summed E-state index contributed by atoms with van der Waals surface area (Å²) in [7, 11) is 1.26. The summed E-state index contributed by atoms with van der Waals surface area (Å²) in [5.41, 5.74) is 4.96. The number of hydrogen-bond donors (Lipinski definition) is 4. The lowest BCUT2D eigenvalue weighted by Gasteiger charge is -2.28. The minimum absolute atomic E-state index is 0.0726. The highest BCUT2D eigenvalue weighted by Gasteiger charge is 2.32. The number of anilines is 1. The highest BCUT2D eigenvalue weighted by atomic mass is 16.6. The first kappa shape index (κ1) is 31.7. The second-order valence-electron chi connectivity index (χ2n) is 9.09. The van der Waals surface area contributed by atoms with Crippen molar-refractivity contribution in [2.45, 2.75) is 40.0 Å². The SMILES string of the molecule is CCOc1cc([C@@H]2NC(=O)NC(C)=C2C(=O)OC)ccc1OC[C@@H](O)N/N=C\c1cc([N+](=O)[O-])ccc1N(CC)CC. The van der Waals surface area contributed by atoms with Crippen LogP contribution >= 0.6 is 0 Å². The molecule has 0 radical (unpaired) electrons. The van der Waals surface area contributed by atoms with E-state index in [4.69, 9.17) is 14.2 Å². The van der Waals surface area contributed by atoms with E-state index in [-0.39, 0.29) is 17.9 Å². The predicted octanol–water partition coefficient (Wildman–Crippen LogP) is 2.96. The van der Waals surface area contributed by atoms with Gasteiger partial charge in [-0.1, -0.05) is 6.07 Å². The van der Waals surface area contributed by atoms with Gasteiger partial charge in [-0.3, -0.25) is 15.5 Å². The van der Waals surface area contributed by atoms with E-state index in [1.165, 1.54) is 25.5 Å². The average molecular weight is 585 g/mol. The van der Waals surface area contributed by atoms with Crippen LogP contribution in [0.25, 0.3) is 0 Å². The van der Waals surface area contributed by atoms with E-state index in [0.717, 1.165) is 5.69 Å². The number of non-ortho nitro benzene ring substituents is 1. The minimum Gasteiger partial charge on any atom is -0.490 e. The molecule has 1 aliphatic rings. The molecule has 2 aromatic rings. The van der Waals surface area contributed by atoms with Gasteiger partial charge in [0.2, 0.25) is 0 Å². The molecule has 14 heteroatoms. The van der Waals surface area contributed by atoms with Crippen LogP contribution in [0.5, 0.6) is 11.5 Å². The van der Waals surface area contributed by atoms with Gasteiger partial charge >= 0.3 is 12.0 Å². The Morgan fingerprint density at radius 2 is 1.93 bits per heavy atom. The molecule has 0 saturated carbocycles. The summed E-state index contributed by atoms with van der Waals surface area (Å²) < 4.78 is 16.4. The first-order chi connectivity index (χ1) is 20.1. The van der Waals surface area contributed by atoms with Gasteiger partial charge in [0.15, 0.2) is 17.7 Å². The first-order valence-electron chi connectivity index (χ1n) is 13.4. The van der Waals surface area contributed by atoms with Crippen molar-refractivity contribution in [1.82, 2.24) is 16.1 Å². The van der Waals surface area contributed by atoms with Crippen molar-refractivity contribution in [2.75, 3.05) is 38.3 Å². The lowest BCUT2D eigenvalue weighted by Crippen LogP contribution is -2.45. The summed E-state index contributed by atoms with van der Waals surface area (Å²) in [5.74, 6) is 0.0571. The molecule has 0 unspecified atom stereocenters. The van der Waals surface area contributed by atoms with E-state index in [9.17, 15) is 24.8 Å². The Labute approximate surface area is 243 Å². The largest absolute Gasteiger partial charge is 0.490 e. The Morgan fingerprint density at radius 1 is 1.19 bits per heavy atom. The van der Waals surface area contributed by atoms with E-state index in [1.54, 1.807) is 38.1 Å². The summed E-state index contributed by atoms with van der Waals surface area (Å²) in [4.78, 5) is 37.4. The number of benzene rings is 2. The summed E-state index contributed by atoms with van der Waals surface area (Å²) in [6.07, 6.45) is 0.178.